The average molecular weight is 498 g/mol. The fourth-order valence-electron chi connectivity index (χ4n) is 3.97. The summed E-state index contributed by atoms with van der Waals surface area (Å²) in [6.07, 6.45) is 1.70. The molecule has 0 atom stereocenters. The van der Waals surface area contributed by atoms with Crippen molar-refractivity contribution in [1.29, 1.82) is 0 Å². The molecule has 2 N–H and O–H groups in total. The summed E-state index contributed by atoms with van der Waals surface area (Å²) < 4.78 is 0. The van der Waals surface area contributed by atoms with Crippen LogP contribution >= 0.6 is 34.5 Å². The first-order valence-electron chi connectivity index (χ1n) is 10.6. The molecule has 2 aromatic heterocycles. The predicted molar refractivity (Wildman–Crippen MR) is 136 cm³/mol. The number of hydrogen-bond acceptors (Lipinski definition) is 6. The van der Waals surface area contributed by atoms with Gasteiger partial charge in [-0.2, -0.15) is 4.98 Å². The molecule has 9 heteroatoms. The Labute approximate surface area is 205 Å². The minimum absolute atomic E-state index is 0.114. The zero-order valence-electron chi connectivity index (χ0n) is 17.6. The van der Waals surface area contributed by atoms with Crippen molar-refractivity contribution in [3.05, 3.63) is 74.9 Å². The zero-order chi connectivity index (χ0) is 22.8. The Morgan fingerprint density at radius 2 is 1.76 bits per heavy atom. The number of nitrogens with zero attached hydrogens (tertiary/aromatic N) is 3. The molecule has 1 aliphatic rings. The summed E-state index contributed by atoms with van der Waals surface area (Å²) in [6.45, 7) is 1.42. The smallest absolute Gasteiger partial charge is 0.263 e. The number of likely N-dealkylation sites (tertiary alicyclic amines) is 1. The number of halogens is 2. The van der Waals surface area contributed by atoms with Crippen LogP contribution in [0.3, 0.4) is 0 Å². The topological polar surface area (TPSA) is 70.2 Å². The van der Waals surface area contributed by atoms with E-state index in [-0.39, 0.29) is 11.9 Å². The van der Waals surface area contributed by atoms with Crippen LogP contribution < -0.4 is 10.6 Å². The minimum atomic E-state index is 0.114. The number of anilines is 3. The molecule has 4 aromatic rings. The lowest BCUT2D eigenvalue weighted by atomic mass is 10.0. The maximum Gasteiger partial charge on any atom is 0.263 e. The second kappa shape index (κ2) is 9.55. The minimum Gasteiger partial charge on any atom is -0.367 e. The van der Waals surface area contributed by atoms with E-state index in [4.69, 9.17) is 28.2 Å². The van der Waals surface area contributed by atoms with Gasteiger partial charge in [0.1, 0.15) is 5.82 Å². The number of nitrogens with one attached hydrogen (secondary N) is 2. The van der Waals surface area contributed by atoms with Crippen molar-refractivity contribution in [3.63, 3.8) is 0 Å². The maximum atomic E-state index is 12.6. The number of carbonyl (C=O) groups excluding carboxylic acids is 1. The number of fused-ring (bicyclic) bond motifs is 1. The molecule has 168 valence electrons. The zero-order valence-corrected chi connectivity index (χ0v) is 19.9. The van der Waals surface area contributed by atoms with Gasteiger partial charge in [-0.25, -0.2) is 4.98 Å². The second-order valence-corrected chi connectivity index (χ2v) is 9.70. The van der Waals surface area contributed by atoms with Crippen LogP contribution in [0.25, 0.3) is 10.9 Å². The normalized spacial score (nSPS) is 14.4. The number of thiophene rings is 1. The van der Waals surface area contributed by atoms with Crippen molar-refractivity contribution in [2.75, 3.05) is 23.7 Å². The molecule has 0 bridgehead atoms. The van der Waals surface area contributed by atoms with Gasteiger partial charge in [0, 0.05) is 40.3 Å². The molecule has 5 rings (SSSR count). The van der Waals surface area contributed by atoms with Crippen molar-refractivity contribution in [1.82, 2.24) is 14.9 Å². The molecule has 0 saturated carbocycles. The lowest BCUT2D eigenvalue weighted by molar-refractivity contribution is 0.0723. The van der Waals surface area contributed by atoms with E-state index >= 15 is 0 Å². The van der Waals surface area contributed by atoms with Crippen molar-refractivity contribution in [3.8, 4) is 0 Å². The number of para-hydroxylation sites is 1. The van der Waals surface area contributed by atoms with Gasteiger partial charge in [0.2, 0.25) is 5.95 Å². The standard InChI is InChI=1S/C24H21Cl2N5OS/c25-15-12-16(26)14-18(13-15)28-24-29-20-5-2-1-4-19(20)22(30-24)27-17-7-9-31(10-8-17)23(32)21-6-3-11-33-21/h1-6,11-14,17H,7-10H2,(H2,27,28,29,30). The number of piperidine rings is 1. The van der Waals surface area contributed by atoms with Crippen LogP contribution in [0, 0.1) is 0 Å². The largest absolute Gasteiger partial charge is 0.367 e. The van der Waals surface area contributed by atoms with E-state index in [2.05, 4.69) is 15.6 Å². The molecule has 1 amide bonds. The molecule has 1 saturated heterocycles. The van der Waals surface area contributed by atoms with Gasteiger partial charge in [-0.05, 0) is 54.6 Å². The lowest BCUT2D eigenvalue weighted by Gasteiger charge is -2.32. The van der Waals surface area contributed by atoms with E-state index in [1.54, 1.807) is 18.2 Å². The van der Waals surface area contributed by atoms with E-state index in [9.17, 15) is 4.79 Å². The SMILES string of the molecule is O=C(c1cccs1)N1CCC(Nc2nc(Nc3cc(Cl)cc(Cl)c3)nc3ccccc23)CC1. The third-order valence-electron chi connectivity index (χ3n) is 5.58. The molecule has 1 aliphatic heterocycles. The number of hydrogen-bond donors (Lipinski definition) is 2. The molecular weight excluding hydrogens is 477 g/mol. The average Bonchev–Trinajstić information content (AvgIpc) is 3.33. The summed E-state index contributed by atoms with van der Waals surface area (Å²) in [5.41, 5.74) is 1.55. The van der Waals surface area contributed by atoms with Crippen LogP contribution in [0.15, 0.2) is 60.0 Å². The first-order valence-corrected chi connectivity index (χ1v) is 12.3. The van der Waals surface area contributed by atoms with Gasteiger partial charge in [0.25, 0.3) is 5.91 Å². The first-order chi connectivity index (χ1) is 16.0. The summed E-state index contributed by atoms with van der Waals surface area (Å²) in [5, 5.41) is 10.8. The maximum absolute atomic E-state index is 12.6. The van der Waals surface area contributed by atoms with Crippen molar-refractivity contribution in [2.24, 2.45) is 0 Å². The number of carbonyl (C=O) groups is 1. The predicted octanol–water partition coefficient (Wildman–Crippen LogP) is 6.46. The van der Waals surface area contributed by atoms with Crippen LogP contribution in [0.1, 0.15) is 22.5 Å². The molecule has 6 nitrogen and oxygen atoms in total. The van der Waals surface area contributed by atoms with E-state index in [0.29, 0.717) is 34.8 Å². The van der Waals surface area contributed by atoms with E-state index in [1.807, 2.05) is 46.7 Å². The Hall–Kier alpha value is -2.87. The third-order valence-corrected chi connectivity index (χ3v) is 6.87. The summed E-state index contributed by atoms with van der Waals surface area (Å²) in [7, 11) is 0. The first kappa shape index (κ1) is 21.9. The number of aromatic nitrogens is 2. The third kappa shape index (κ3) is 5.05. The highest BCUT2D eigenvalue weighted by molar-refractivity contribution is 7.12. The van der Waals surface area contributed by atoms with Crippen LogP contribution in [-0.4, -0.2) is 39.9 Å². The monoisotopic (exact) mass is 497 g/mol. The molecule has 0 radical (unpaired) electrons. The van der Waals surface area contributed by atoms with Gasteiger partial charge in [-0.1, -0.05) is 41.4 Å². The van der Waals surface area contributed by atoms with E-state index in [1.165, 1.54) is 11.3 Å². The van der Waals surface area contributed by atoms with Gasteiger partial charge >= 0.3 is 0 Å². The van der Waals surface area contributed by atoms with Crippen molar-refractivity contribution < 1.29 is 4.79 Å². The summed E-state index contributed by atoms with van der Waals surface area (Å²) in [5.74, 6) is 1.33. The number of benzene rings is 2. The van der Waals surface area contributed by atoms with E-state index < -0.39 is 0 Å². The van der Waals surface area contributed by atoms with Crippen LogP contribution in [0.5, 0.6) is 0 Å². The summed E-state index contributed by atoms with van der Waals surface area (Å²) >= 11 is 13.8. The molecule has 33 heavy (non-hydrogen) atoms. The molecule has 0 spiro atoms. The van der Waals surface area contributed by atoms with Crippen LogP contribution in [0.4, 0.5) is 17.5 Å². The summed E-state index contributed by atoms with van der Waals surface area (Å²) in [6, 6.07) is 17.1. The van der Waals surface area contributed by atoms with Crippen LogP contribution in [-0.2, 0) is 0 Å². The Morgan fingerprint density at radius 3 is 2.48 bits per heavy atom. The fraction of sp³-hybridized carbons (Fsp3) is 0.208. The quantitative estimate of drug-likeness (QED) is 0.331. The highest BCUT2D eigenvalue weighted by atomic mass is 35.5. The number of rotatable bonds is 5. The van der Waals surface area contributed by atoms with Gasteiger partial charge in [-0.15, -0.1) is 11.3 Å². The van der Waals surface area contributed by atoms with Crippen LogP contribution in [0.2, 0.25) is 10.0 Å². The molecular formula is C24H21Cl2N5OS. The van der Waals surface area contributed by atoms with Gasteiger partial charge in [0.05, 0.1) is 10.4 Å². The Morgan fingerprint density at radius 1 is 1.00 bits per heavy atom. The molecule has 3 heterocycles. The van der Waals surface area contributed by atoms with Crippen molar-refractivity contribution >= 4 is 68.8 Å². The highest BCUT2D eigenvalue weighted by Crippen LogP contribution is 2.28. The number of amides is 1. The Balaban J connectivity index is 1.34. The van der Waals surface area contributed by atoms with Crippen molar-refractivity contribution in [2.45, 2.75) is 18.9 Å². The van der Waals surface area contributed by atoms with Gasteiger partial charge < -0.3 is 15.5 Å². The molecule has 0 unspecified atom stereocenters. The lowest BCUT2D eigenvalue weighted by Crippen LogP contribution is -2.42. The fourth-order valence-corrected chi connectivity index (χ4v) is 5.19. The Kier molecular flexibility index (Phi) is 6.35. The summed E-state index contributed by atoms with van der Waals surface area (Å²) in [4.78, 5) is 24.7. The molecule has 2 aromatic carbocycles. The molecule has 1 fully saturated rings. The molecule has 0 aliphatic carbocycles. The highest BCUT2D eigenvalue weighted by Gasteiger charge is 2.25. The second-order valence-electron chi connectivity index (χ2n) is 7.88. The van der Waals surface area contributed by atoms with Gasteiger partial charge in [-0.3, -0.25) is 4.79 Å². The Bertz CT molecular complexity index is 1270. The van der Waals surface area contributed by atoms with Gasteiger partial charge in [0.15, 0.2) is 0 Å². The van der Waals surface area contributed by atoms with E-state index in [0.717, 1.165) is 34.4 Å².